The molecular formula is C28H27ClN2O6. The van der Waals surface area contributed by atoms with Crippen molar-refractivity contribution in [1.29, 1.82) is 0 Å². The lowest BCUT2D eigenvalue weighted by Crippen LogP contribution is -2.20. The highest BCUT2D eigenvalue weighted by Gasteiger charge is 2.22. The minimum atomic E-state index is -0.615. The normalized spacial score (nSPS) is 12.0. The second-order valence-electron chi connectivity index (χ2n) is 8.29. The molecule has 4 aromatic rings. The van der Waals surface area contributed by atoms with Crippen molar-refractivity contribution >= 4 is 34.4 Å². The van der Waals surface area contributed by atoms with Gasteiger partial charge in [0.2, 0.25) is 0 Å². The summed E-state index contributed by atoms with van der Waals surface area (Å²) in [6, 6.07) is 16.5. The Kier molecular flexibility index (Phi) is 8.32. The van der Waals surface area contributed by atoms with Crippen LogP contribution in [0.1, 0.15) is 32.7 Å². The van der Waals surface area contributed by atoms with Gasteiger partial charge in [0.15, 0.2) is 11.5 Å². The molecule has 0 atom stereocenters. The molecule has 9 heteroatoms. The maximum absolute atomic E-state index is 11.7. The molecule has 8 nitrogen and oxygen atoms in total. The average molecular weight is 523 g/mol. The predicted octanol–water partition coefficient (Wildman–Crippen LogP) is 4.76. The molecule has 1 amide bonds. The summed E-state index contributed by atoms with van der Waals surface area (Å²) in [5, 5.41) is 10.2. The number of fused-ring (bicyclic) bond motifs is 2. The van der Waals surface area contributed by atoms with Gasteiger partial charge in [-0.3, -0.25) is 4.79 Å². The number of hydrogen-bond donors (Lipinski definition) is 3. The average Bonchev–Trinajstić information content (AvgIpc) is 3.34. The number of aliphatic hydroxyl groups excluding tert-OH is 1. The molecule has 0 unspecified atom stereocenters. The van der Waals surface area contributed by atoms with Gasteiger partial charge in [-0.1, -0.05) is 35.9 Å². The molecule has 0 bridgehead atoms. The summed E-state index contributed by atoms with van der Waals surface area (Å²) in [4.78, 5) is 26.5. The smallest absolute Gasteiger partial charge is 0.339 e. The van der Waals surface area contributed by atoms with E-state index in [1.165, 1.54) is 23.6 Å². The van der Waals surface area contributed by atoms with Crippen LogP contribution >= 0.6 is 11.6 Å². The number of aromatic amines is 1. The number of halogens is 1. The van der Waals surface area contributed by atoms with E-state index >= 15 is 0 Å². The van der Waals surface area contributed by atoms with E-state index < -0.39 is 11.9 Å². The number of esters is 1. The number of aliphatic hydroxyl groups is 1. The van der Waals surface area contributed by atoms with Crippen molar-refractivity contribution in [2.45, 2.75) is 12.8 Å². The van der Waals surface area contributed by atoms with Gasteiger partial charge in [-0.05, 0) is 59.9 Å². The van der Waals surface area contributed by atoms with Gasteiger partial charge >= 0.3 is 5.97 Å². The zero-order chi connectivity index (χ0) is 26.4. The number of primary amides is 1. The maximum atomic E-state index is 11.7. The topological polar surface area (TPSA) is 124 Å². The van der Waals surface area contributed by atoms with E-state index in [2.05, 4.69) is 21.9 Å². The molecule has 0 saturated carbocycles. The van der Waals surface area contributed by atoms with Crippen LogP contribution in [0.5, 0.6) is 11.5 Å². The third kappa shape index (κ3) is 5.87. The number of carbonyl (C=O) groups is 2. The third-order valence-corrected chi connectivity index (χ3v) is 6.21. The predicted molar refractivity (Wildman–Crippen MR) is 141 cm³/mol. The maximum Gasteiger partial charge on any atom is 0.339 e. The number of nitrogens with two attached hydrogens (primary N) is 1. The zero-order valence-electron chi connectivity index (χ0n) is 20.3. The van der Waals surface area contributed by atoms with E-state index in [9.17, 15) is 9.59 Å². The first-order valence-corrected chi connectivity index (χ1v) is 12.1. The summed E-state index contributed by atoms with van der Waals surface area (Å²) in [5.41, 5.74) is 9.77. The first-order chi connectivity index (χ1) is 17.9. The molecule has 0 radical (unpaired) electrons. The summed E-state index contributed by atoms with van der Waals surface area (Å²) in [6.45, 7) is 1.00. The second-order valence-corrected chi connectivity index (χ2v) is 8.69. The highest BCUT2D eigenvalue weighted by atomic mass is 35.5. The number of aryl methyl sites for hydroxylation is 1. The van der Waals surface area contributed by atoms with Crippen LogP contribution < -0.4 is 15.2 Å². The molecule has 5 rings (SSSR count). The van der Waals surface area contributed by atoms with E-state index in [-0.39, 0.29) is 22.8 Å². The lowest BCUT2D eigenvalue weighted by Gasteiger charge is -2.21. The molecule has 4 N–H and O–H groups in total. The van der Waals surface area contributed by atoms with E-state index in [0.29, 0.717) is 35.8 Å². The molecule has 0 saturated heterocycles. The minimum Gasteiger partial charge on any atom is -0.486 e. The quantitative estimate of drug-likeness (QED) is 0.314. The van der Waals surface area contributed by atoms with Crippen molar-refractivity contribution in [2.75, 3.05) is 26.9 Å². The van der Waals surface area contributed by atoms with Crippen molar-refractivity contribution in [3.8, 4) is 22.6 Å². The van der Waals surface area contributed by atoms with Crippen LogP contribution in [-0.2, 0) is 11.2 Å². The number of rotatable bonds is 6. The largest absolute Gasteiger partial charge is 0.486 e. The summed E-state index contributed by atoms with van der Waals surface area (Å²) in [6.07, 6.45) is 3.81. The Morgan fingerprint density at radius 3 is 2.57 bits per heavy atom. The summed E-state index contributed by atoms with van der Waals surface area (Å²) in [5.74, 6) is -0.349. The van der Waals surface area contributed by atoms with Gasteiger partial charge in [0, 0.05) is 23.7 Å². The molecule has 37 heavy (non-hydrogen) atoms. The molecule has 1 aliphatic rings. The van der Waals surface area contributed by atoms with E-state index in [4.69, 9.17) is 31.9 Å². The van der Waals surface area contributed by atoms with Crippen LogP contribution in [0.15, 0.2) is 60.8 Å². The Labute approximate surface area is 218 Å². The van der Waals surface area contributed by atoms with Crippen LogP contribution in [-0.4, -0.2) is 48.9 Å². The minimum absolute atomic E-state index is 0.232. The van der Waals surface area contributed by atoms with Gasteiger partial charge in [0.05, 0.1) is 23.3 Å². The number of carbonyl (C=O) groups excluding carboxylic acids is 2. The van der Waals surface area contributed by atoms with E-state index in [1.54, 1.807) is 30.3 Å². The summed E-state index contributed by atoms with van der Waals surface area (Å²) in [7, 11) is 1.28. The molecule has 1 aromatic heterocycles. The summed E-state index contributed by atoms with van der Waals surface area (Å²) >= 11 is 6.15. The van der Waals surface area contributed by atoms with Gasteiger partial charge in [0.1, 0.15) is 13.2 Å². The Morgan fingerprint density at radius 2 is 1.84 bits per heavy atom. The lowest BCUT2D eigenvalue weighted by molar-refractivity contribution is 0.0600. The van der Waals surface area contributed by atoms with Crippen LogP contribution in [0.4, 0.5) is 0 Å². The van der Waals surface area contributed by atoms with Crippen molar-refractivity contribution in [3.05, 3.63) is 82.5 Å². The molecule has 0 spiro atoms. The number of amides is 1. The number of nitrogens with one attached hydrogen (secondary N) is 1. The zero-order valence-corrected chi connectivity index (χ0v) is 21.0. The van der Waals surface area contributed by atoms with Crippen LogP contribution in [0.2, 0.25) is 5.02 Å². The fraction of sp³-hybridized carbons (Fsp3) is 0.214. The fourth-order valence-corrected chi connectivity index (χ4v) is 4.34. The van der Waals surface area contributed by atoms with Gasteiger partial charge < -0.3 is 30.0 Å². The molecule has 0 aliphatic carbocycles. The third-order valence-electron chi connectivity index (χ3n) is 5.89. The first-order valence-electron chi connectivity index (χ1n) is 11.7. The SMILES string of the molecule is COC(=O)c1ccc(-c2cc3c(c(C(N)=O)c2)OCCO3)cc1Cl.OCCCc1c[nH]c2ccccc12. The van der Waals surface area contributed by atoms with Gasteiger partial charge in [0.25, 0.3) is 5.91 Å². The number of benzene rings is 3. The number of aromatic nitrogens is 1. The number of para-hydroxylation sites is 1. The fourth-order valence-electron chi connectivity index (χ4n) is 4.08. The number of ether oxygens (including phenoxy) is 3. The second kappa shape index (κ2) is 11.8. The lowest BCUT2D eigenvalue weighted by atomic mass is 10.00. The molecular weight excluding hydrogens is 496 g/mol. The number of methoxy groups -OCH3 is 1. The summed E-state index contributed by atoms with van der Waals surface area (Å²) < 4.78 is 15.7. The van der Waals surface area contributed by atoms with Crippen molar-refractivity contribution in [3.63, 3.8) is 0 Å². The van der Waals surface area contributed by atoms with Crippen molar-refractivity contribution < 1.29 is 28.9 Å². The Balaban J connectivity index is 0.000000207. The van der Waals surface area contributed by atoms with Gasteiger partial charge in [-0.2, -0.15) is 0 Å². The first kappa shape index (κ1) is 26.1. The van der Waals surface area contributed by atoms with Crippen LogP contribution in [0.3, 0.4) is 0 Å². The molecule has 3 aromatic carbocycles. The van der Waals surface area contributed by atoms with Gasteiger partial charge in [-0.25, -0.2) is 4.79 Å². The molecule has 0 fully saturated rings. The Morgan fingerprint density at radius 1 is 1.05 bits per heavy atom. The molecule has 192 valence electrons. The van der Waals surface area contributed by atoms with Crippen molar-refractivity contribution in [1.82, 2.24) is 4.98 Å². The Hall–Kier alpha value is -4.01. The molecule has 1 aliphatic heterocycles. The number of H-pyrrole nitrogens is 1. The van der Waals surface area contributed by atoms with Crippen LogP contribution in [0, 0.1) is 0 Å². The van der Waals surface area contributed by atoms with Gasteiger partial charge in [-0.15, -0.1) is 0 Å². The van der Waals surface area contributed by atoms with E-state index in [1.807, 2.05) is 18.3 Å². The standard InChI is InChI=1S/C17H14ClNO5.C11H13NO/c1-22-17(21)11-3-2-9(7-13(11)18)10-6-12(16(19)20)15-14(8-10)23-4-5-24-15;13-7-3-4-9-8-12-11-6-2-1-5-10(9)11/h2-3,6-8H,4-5H2,1H3,(H2,19,20);1-2,5-6,8,12-13H,3-4,7H2. The highest BCUT2D eigenvalue weighted by Crippen LogP contribution is 2.39. The number of hydrogen-bond acceptors (Lipinski definition) is 6. The Bertz CT molecular complexity index is 1430. The highest BCUT2D eigenvalue weighted by molar-refractivity contribution is 6.33. The monoisotopic (exact) mass is 522 g/mol. The van der Waals surface area contributed by atoms with E-state index in [0.717, 1.165) is 12.8 Å². The molecule has 2 heterocycles. The van der Waals surface area contributed by atoms with Crippen LogP contribution in [0.25, 0.3) is 22.0 Å². The van der Waals surface area contributed by atoms with Crippen molar-refractivity contribution in [2.24, 2.45) is 5.73 Å².